The second-order valence-electron chi connectivity index (χ2n) is 5.87. The van der Waals surface area contributed by atoms with Gasteiger partial charge in [-0.2, -0.15) is 0 Å². The Balaban J connectivity index is 1.95. The molecule has 0 spiro atoms. The van der Waals surface area contributed by atoms with Crippen LogP contribution in [0.3, 0.4) is 0 Å². The first-order chi connectivity index (χ1) is 9.63. The minimum atomic E-state index is 0.480. The Labute approximate surface area is 121 Å². The summed E-state index contributed by atoms with van der Waals surface area (Å²) in [6, 6.07) is 15.8. The van der Waals surface area contributed by atoms with E-state index >= 15 is 0 Å². The first kappa shape index (κ1) is 13.0. The van der Waals surface area contributed by atoms with Gasteiger partial charge in [0.2, 0.25) is 0 Å². The highest BCUT2D eigenvalue weighted by molar-refractivity contribution is 5.74. The summed E-state index contributed by atoms with van der Waals surface area (Å²) in [5, 5.41) is 3.60. The maximum atomic E-state index is 3.60. The van der Waals surface area contributed by atoms with Gasteiger partial charge in [0.15, 0.2) is 0 Å². The summed E-state index contributed by atoms with van der Waals surface area (Å²) in [6.45, 7) is 8.63. The van der Waals surface area contributed by atoms with E-state index in [1.807, 2.05) is 0 Å². The maximum Gasteiger partial charge on any atom is 0.0608 e. The van der Waals surface area contributed by atoms with Gasteiger partial charge in [0, 0.05) is 19.1 Å². The molecule has 2 nitrogen and oxygen atoms in total. The van der Waals surface area contributed by atoms with Crippen molar-refractivity contribution in [2.24, 2.45) is 0 Å². The standard InChI is InChI=1S/C18H22N2/c1-13-9-17-18(10-14(13)2)20(11-15(3)19-17)12-16-7-5-4-6-8-16/h4-10,15,19H,11-12H2,1-3H3. The van der Waals surface area contributed by atoms with Crippen LogP contribution in [0.25, 0.3) is 0 Å². The lowest BCUT2D eigenvalue weighted by Gasteiger charge is -2.36. The highest BCUT2D eigenvalue weighted by Crippen LogP contribution is 2.34. The molecule has 1 aliphatic rings. The molecule has 1 unspecified atom stereocenters. The van der Waals surface area contributed by atoms with Crippen molar-refractivity contribution in [3.05, 3.63) is 59.2 Å². The minimum absolute atomic E-state index is 0.480. The predicted molar refractivity (Wildman–Crippen MR) is 86.5 cm³/mol. The molecule has 1 heterocycles. The summed E-state index contributed by atoms with van der Waals surface area (Å²) < 4.78 is 0. The van der Waals surface area contributed by atoms with Gasteiger partial charge in [0.25, 0.3) is 0 Å². The Hall–Kier alpha value is -1.96. The lowest BCUT2D eigenvalue weighted by atomic mass is 10.0. The van der Waals surface area contributed by atoms with Gasteiger partial charge in [-0.3, -0.25) is 0 Å². The van der Waals surface area contributed by atoms with Gasteiger partial charge in [-0.15, -0.1) is 0 Å². The van der Waals surface area contributed by atoms with Gasteiger partial charge >= 0.3 is 0 Å². The van der Waals surface area contributed by atoms with E-state index in [-0.39, 0.29) is 0 Å². The third-order valence-electron chi connectivity index (χ3n) is 4.07. The predicted octanol–water partition coefficient (Wildman–Crippen LogP) is 4.12. The van der Waals surface area contributed by atoms with Crippen molar-refractivity contribution >= 4 is 11.4 Å². The minimum Gasteiger partial charge on any atom is -0.379 e. The average Bonchev–Trinajstić information content (AvgIpc) is 2.42. The smallest absolute Gasteiger partial charge is 0.0608 e. The highest BCUT2D eigenvalue weighted by Gasteiger charge is 2.21. The molecule has 0 bridgehead atoms. The fourth-order valence-corrected chi connectivity index (χ4v) is 2.87. The summed E-state index contributed by atoms with van der Waals surface area (Å²) >= 11 is 0. The number of anilines is 2. The molecule has 2 heteroatoms. The Morgan fingerprint density at radius 2 is 1.80 bits per heavy atom. The van der Waals surface area contributed by atoms with Gasteiger partial charge in [0.05, 0.1) is 11.4 Å². The molecule has 0 radical (unpaired) electrons. The SMILES string of the molecule is Cc1cc2c(cc1C)N(Cc1ccccc1)CC(C)N2. The third-order valence-corrected chi connectivity index (χ3v) is 4.07. The Morgan fingerprint density at radius 1 is 1.10 bits per heavy atom. The topological polar surface area (TPSA) is 15.3 Å². The van der Waals surface area contributed by atoms with Gasteiger partial charge in [0.1, 0.15) is 0 Å². The molecule has 0 amide bonds. The fourth-order valence-electron chi connectivity index (χ4n) is 2.87. The van der Waals surface area contributed by atoms with Crippen molar-refractivity contribution in [3.63, 3.8) is 0 Å². The summed E-state index contributed by atoms with van der Waals surface area (Å²) in [7, 11) is 0. The van der Waals surface area contributed by atoms with E-state index in [4.69, 9.17) is 0 Å². The largest absolute Gasteiger partial charge is 0.379 e. The quantitative estimate of drug-likeness (QED) is 0.879. The van der Waals surface area contributed by atoms with Crippen LogP contribution >= 0.6 is 0 Å². The Kier molecular flexibility index (Phi) is 3.39. The molecular formula is C18H22N2. The fraction of sp³-hybridized carbons (Fsp3) is 0.333. The number of nitrogens with zero attached hydrogens (tertiary/aromatic N) is 1. The molecule has 2 aromatic rings. The van der Waals surface area contributed by atoms with E-state index in [1.54, 1.807) is 0 Å². The van der Waals surface area contributed by atoms with E-state index in [0.29, 0.717) is 6.04 Å². The van der Waals surface area contributed by atoms with Crippen LogP contribution in [-0.4, -0.2) is 12.6 Å². The zero-order valence-corrected chi connectivity index (χ0v) is 12.5. The maximum absolute atomic E-state index is 3.60. The van der Waals surface area contributed by atoms with Crippen molar-refractivity contribution in [3.8, 4) is 0 Å². The van der Waals surface area contributed by atoms with Crippen LogP contribution in [-0.2, 0) is 6.54 Å². The zero-order chi connectivity index (χ0) is 14.1. The second kappa shape index (κ2) is 5.20. The molecule has 0 saturated heterocycles. The van der Waals surface area contributed by atoms with E-state index in [9.17, 15) is 0 Å². The zero-order valence-electron chi connectivity index (χ0n) is 12.5. The molecular weight excluding hydrogens is 244 g/mol. The van der Waals surface area contributed by atoms with Gasteiger partial charge < -0.3 is 10.2 Å². The number of hydrogen-bond acceptors (Lipinski definition) is 2. The van der Waals surface area contributed by atoms with Crippen LogP contribution < -0.4 is 10.2 Å². The lowest BCUT2D eigenvalue weighted by Crippen LogP contribution is -2.39. The van der Waals surface area contributed by atoms with Crippen molar-refractivity contribution < 1.29 is 0 Å². The number of hydrogen-bond donors (Lipinski definition) is 1. The molecule has 1 N–H and O–H groups in total. The van der Waals surface area contributed by atoms with Crippen molar-refractivity contribution in [2.45, 2.75) is 33.4 Å². The second-order valence-corrected chi connectivity index (χ2v) is 5.87. The normalized spacial score (nSPS) is 17.6. The Bertz CT molecular complexity index is 604. The number of nitrogens with one attached hydrogen (secondary N) is 1. The lowest BCUT2D eigenvalue weighted by molar-refractivity contribution is 0.687. The van der Waals surface area contributed by atoms with E-state index in [0.717, 1.165) is 13.1 Å². The highest BCUT2D eigenvalue weighted by atomic mass is 15.2. The first-order valence-corrected chi connectivity index (χ1v) is 7.30. The molecule has 104 valence electrons. The van der Waals surface area contributed by atoms with Crippen molar-refractivity contribution in [1.82, 2.24) is 0 Å². The van der Waals surface area contributed by atoms with Crippen LogP contribution in [0.4, 0.5) is 11.4 Å². The average molecular weight is 266 g/mol. The van der Waals surface area contributed by atoms with Crippen LogP contribution in [0.15, 0.2) is 42.5 Å². The molecule has 2 aromatic carbocycles. The van der Waals surface area contributed by atoms with Crippen LogP contribution in [0, 0.1) is 13.8 Å². The number of fused-ring (bicyclic) bond motifs is 1. The van der Waals surface area contributed by atoms with Gasteiger partial charge in [-0.1, -0.05) is 30.3 Å². The Morgan fingerprint density at radius 3 is 2.55 bits per heavy atom. The number of benzene rings is 2. The van der Waals surface area contributed by atoms with Crippen LogP contribution in [0.2, 0.25) is 0 Å². The molecule has 0 aromatic heterocycles. The molecule has 0 aliphatic carbocycles. The molecule has 0 fully saturated rings. The molecule has 1 atom stereocenters. The molecule has 0 saturated carbocycles. The van der Waals surface area contributed by atoms with E-state index < -0.39 is 0 Å². The molecule has 20 heavy (non-hydrogen) atoms. The monoisotopic (exact) mass is 266 g/mol. The summed E-state index contributed by atoms with van der Waals surface area (Å²) in [5.41, 5.74) is 6.67. The number of aryl methyl sites for hydroxylation is 2. The first-order valence-electron chi connectivity index (χ1n) is 7.30. The van der Waals surface area contributed by atoms with Crippen LogP contribution in [0.1, 0.15) is 23.6 Å². The van der Waals surface area contributed by atoms with Crippen molar-refractivity contribution in [2.75, 3.05) is 16.8 Å². The number of rotatable bonds is 2. The van der Waals surface area contributed by atoms with Gasteiger partial charge in [-0.05, 0) is 49.6 Å². The van der Waals surface area contributed by atoms with Crippen molar-refractivity contribution in [1.29, 1.82) is 0 Å². The van der Waals surface area contributed by atoms with Gasteiger partial charge in [-0.25, -0.2) is 0 Å². The van der Waals surface area contributed by atoms with E-state index in [2.05, 4.69) is 73.5 Å². The van der Waals surface area contributed by atoms with Crippen LogP contribution in [0.5, 0.6) is 0 Å². The third kappa shape index (κ3) is 2.51. The summed E-state index contributed by atoms with van der Waals surface area (Å²) in [4.78, 5) is 2.48. The summed E-state index contributed by atoms with van der Waals surface area (Å²) in [6.07, 6.45) is 0. The van der Waals surface area contributed by atoms with E-state index in [1.165, 1.54) is 28.1 Å². The molecule has 1 aliphatic heterocycles. The molecule has 3 rings (SSSR count). The summed E-state index contributed by atoms with van der Waals surface area (Å²) in [5.74, 6) is 0.